The molecule has 0 unspecified atom stereocenters. The number of ether oxygens (including phenoxy) is 2. The largest absolute Gasteiger partial charge is 0.493 e. The third kappa shape index (κ3) is 5.41. The second-order valence-corrected chi connectivity index (χ2v) is 8.62. The molecule has 0 N–H and O–H groups in total. The maximum Gasteiger partial charge on any atom is 0.243 e. The number of ketones is 1. The van der Waals surface area contributed by atoms with E-state index in [0.717, 1.165) is 0 Å². The number of hydrogen-bond acceptors (Lipinski definition) is 5. The minimum atomic E-state index is -3.56. The summed E-state index contributed by atoms with van der Waals surface area (Å²) in [5.41, 5.74) is 1.06. The van der Waals surface area contributed by atoms with Gasteiger partial charge >= 0.3 is 0 Å². The Bertz CT molecular complexity index is 1010. The molecule has 0 aliphatic carbocycles. The van der Waals surface area contributed by atoms with E-state index in [1.165, 1.54) is 41.8 Å². The van der Waals surface area contributed by atoms with Gasteiger partial charge in [0.05, 0.1) is 23.6 Å². The molecule has 0 aliphatic heterocycles. The average Bonchev–Trinajstić information content (AvgIpc) is 2.74. The molecule has 0 saturated carbocycles. The fourth-order valence-electron chi connectivity index (χ4n) is 2.89. The van der Waals surface area contributed by atoms with Crippen molar-refractivity contribution < 1.29 is 22.7 Å². The van der Waals surface area contributed by atoms with Crippen LogP contribution < -0.4 is 9.47 Å². The van der Waals surface area contributed by atoms with Crippen LogP contribution in [0.1, 0.15) is 36.7 Å². The molecule has 2 rings (SSSR count). The Morgan fingerprint density at radius 2 is 1.73 bits per heavy atom. The predicted molar refractivity (Wildman–Crippen MR) is 119 cm³/mol. The van der Waals surface area contributed by atoms with E-state index in [0.29, 0.717) is 47.3 Å². The monoisotopic (exact) mass is 451 g/mol. The molecule has 0 saturated heterocycles. The fraction of sp³-hybridized carbons (Fsp3) is 0.318. The summed E-state index contributed by atoms with van der Waals surface area (Å²) in [6, 6.07) is 9.32. The quantitative estimate of drug-likeness (QED) is 0.387. The van der Waals surface area contributed by atoms with Crippen molar-refractivity contribution in [3.8, 4) is 11.5 Å². The Balaban J connectivity index is 2.22. The van der Waals surface area contributed by atoms with Crippen LogP contribution in [-0.2, 0) is 10.0 Å². The Morgan fingerprint density at radius 3 is 2.27 bits per heavy atom. The predicted octanol–water partition coefficient (Wildman–Crippen LogP) is 4.67. The second kappa shape index (κ2) is 10.6. The molecule has 0 spiro atoms. The topological polar surface area (TPSA) is 72.9 Å². The molecule has 0 atom stereocenters. The zero-order chi connectivity index (χ0) is 22.3. The molecule has 2 aromatic rings. The van der Waals surface area contributed by atoms with Crippen molar-refractivity contribution in [2.45, 2.75) is 25.7 Å². The molecule has 30 heavy (non-hydrogen) atoms. The summed E-state index contributed by atoms with van der Waals surface area (Å²) in [6.07, 6.45) is 3.02. The molecule has 0 aromatic heterocycles. The van der Waals surface area contributed by atoms with Crippen molar-refractivity contribution in [2.75, 3.05) is 26.8 Å². The molecule has 0 aliphatic rings. The highest BCUT2D eigenvalue weighted by atomic mass is 35.5. The minimum absolute atomic E-state index is 0.162. The van der Waals surface area contributed by atoms with Crippen LogP contribution in [0.5, 0.6) is 11.5 Å². The SMILES string of the molecule is CCOc1c(Cl)cc(/C=C/C(=O)c2ccc(S(=O)(=O)N(CC)CC)cc2)cc1OC. The van der Waals surface area contributed by atoms with E-state index in [9.17, 15) is 13.2 Å². The smallest absolute Gasteiger partial charge is 0.243 e. The number of carbonyl (C=O) groups excluding carboxylic acids is 1. The van der Waals surface area contributed by atoms with E-state index in [-0.39, 0.29) is 10.7 Å². The minimum Gasteiger partial charge on any atom is -0.493 e. The molecule has 0 fully saturated rings. The molecular weight excluding hydrogens is 426 g/mol. The van der Waals surface area contributed by atoms with Crippen LogP contribution >= 0.6 is 11.6 Å². The molecule has 0 radical (unpaired) electrons. The number of sulfonamides is 1. The van der Waals surface area contributed by atoms with Gasteiger partial charge in [0, 0.05) is 18.7 Å². The zero-order valence-corrected chi connectivity index (χ0v) is 19.1. The first-order chi connectivity index (χ1) is 14.3. The van der Waals surface area contributed by atoms with Crippen molar-refractivity contribution >= 4 is 33.5 Å². The van der Waals surface area contributed by atoms with E-state index >= 15 is 0 Å². The lowest BCUT2D eigenvalue weighted by atomic mass is 10.1. The van der Waals surface area contributed by atoms with E-state index in [4.69, 9.17) is 21.1 Å². The number of carbonyl (C=O) groups is 1. The van der Waals surface area contributed by atoms with Crippen LogP contribution in [0, 0.1) is 0 Å². The molecular formula is C22H26ClNO5S. The normalized spacial score (nSPS) is 11.8. The highest BCUT2D eigenvalue weighted by molar-refractivity contribution is 7.89. The van der Waals surface area contributed by atoms with Gasteiger partial charge in [0.25, 0.3) is 0 Å². The first kappa shape index (κ1) is 23.9. The first-order valence-electron chi connectivity index (χ1n) is 9.61. The van der Waals surface area contributed by atoms with E-state index in [1.807, 2.05) is 6.92 Å². The third-order valence-corrected chi connectivity index (χ3v) is 6.79. The van der Waals surface area contributed by atoms with Crippen LogP contribution in [0.3, 0.4) is 0 Å². The highest BCUT2D eigenvalue weighted by Gasteiger charge is 2.21. The van der Waals surface area contributed by atoms with Crippen molar-refractivity contribution in [3.63, 3.8) is 0 Å². The van der Waals surface area contributed by atoms with Crippen LogP contribution in [0.25, 0.3) is 6.08 Å². The van der Waals surface area contributed by atoms with Gasteiger partial charge in [-0.25, -0.2) is 8.42 Å². The fourth-order valence-corrected chi connectivity index (χ4v) is 4.62. The standard InChI is InChI=1S/C22H26ClNO5S/c1-5-24(6-2)30(26,27)18-11-9-17(10-12-18)20(25)13-8-16-14-19(23)22(29-7-3)21(15-16)28-4/h8-15H,5-7H2,1-4H3/b13-8+. The van der Waals surface area contributed by atoms with E-state index in [2.05, 4.69) is 0 Å². The number of nitrogens with zero attached hydrogens (tertiary/aromatic N) is 1. The van der Waals surface area contributed by atoms with Crippen molar-refractivity contribution in [2.24, 2.45) is 0 Å². The van der Waals surface area contributed by atoms with Gasteiger partial charge < -0.3 is 9.47 Å². The lowest BCUT2D eigenvalue weighted by molar-refractivity contribution is 0.104. The second-order valence-electron chi connectivity index (χ2n) is 6.28. The van der Waals surface area contributed by atoms with Gasteiger partial charge in [-0.3, -0.25) is 4.79 Å². The summed E-state index contributed by atoms with van der Waals surface area (Å²) < 4.78 is 37.2. The van der Waals surface area contributed by atoms with Crippen LogP contribution in [0.15, 0.2) is 47.4 Å². The molecule has 8 heteroatoms. The molecule has 2 aromatic carbocycles. The van der Waals surface area contributed by atoms with Crippen molar-refractivity contribution in [1.82, 2.24) is 4.31 Å². The van der Waals surface area contributed by atoms with Gasteiger partial charge in [-0.15, -0.1) is 0 Å². The van der Waals surface area contributed by atoms with Crippen molar-refractivity contribution in [1.29, 1.82) is 0 Å². The van der Waals surface area contributed by atoms with Crippen molar-refractivity contribution in [3.05, 3.63) is 58.6 Å². The van der Waals surface area contributed by atoms with Crippen LogP contribution in [0.2, 0.25) is 5.02 Å². The highest BCUT2D eigenvalue weighted by Crippen LogP contribution is 2.36. The maximum atomic E-state index is 12.5. The number of hydrogen-bond donors (Lipinski definition) is 0. The summed E-state index contributed by atoms with van der Waals surface area (Å²) in [6.45, 7) is 6.63. The Hall–Kier alpha value is -2.35. The van der Waals surface area contributed by atoms with Crippen LogP contribution in [0.4, 0.5) is 0 Å². The number of benzene rings is 2. The summed E-state index contributed by atoms with van der Waals surface area (Å²) in [4.78, 5) is 12.7. The van der Waals surface area contributed by atoms with Gasteiger partial charge in [0.15, 0.2) is 17.3 Å². The lowest BCUT2D eigenvalue weighted by Gasteiger charge is -2.18. The molecule has 0 amide bonds. The first-order valence-corrected chi connectivity index (χ1v) is 11.4. The Kier molecular flexibility index (Phi) is 8.46. The van der Waals surface area contributed by atoms with Gasteiger partial charge in [-0.1, -0.05) is 31.5 Å². The van der Waals surface area contributed by atoms with Gasteiger partial charge in [0.2, 0.25) is 10.0 Å². The third-order valence-electron chi connectivity index (χ3n) is 4.45. The summed E-state index contributed by atoms with van der Waals surface area (Å²) in [5.74, 6) is 0.670. The Labute approximate surface area is 183 Å². The lowest BCUT2D eigenvalue weighted by Crippen LogP contribution is -2.30. The van der Waals surface area contributed by atoms with Crippen LogP contribution in [-0.4, -0.2) is 45.3 Å². The summed E-state index contributed by atoms with van der Waals surface area (Å²) in [5, 5.41) is 0.384. The van der Waals surface area contributed by atoms with Gasteiger partial charge in [-0.05, 0) is 55.0 Å². The summed E-state index contributed by atoms with van der Waals surface area (Å²) >= 11 is 6.25. The molecule has 0 bridgehead atoms. The van der Waals surface area contributed by atoms with E-state index in [1.54, 1.807) is 32.1 Å². The molecule has 0 heterocycles. The number of halogens is 1. The van der Waals surface area contributed by atoms with Gasteiger partial charge in [0.1, 0.15) is 0 Å². The molecule has 6 nitrogen and oxygen atoms in total. The zero-order valence-electron chi connectivity index (χ0n) is 17.5. The number of methoxy groups -OCH3 is 1. The number of rotatable bonds is 10. The maximum absolute atomic E-state index is 12.5. The molecule has 162 valence electrons. The van der Waals surface area contributed by atoms with E-state index < -0.39 is 10.0 Å². The van der Waals surface area contributed by atoms with Gasteiger partial charge in [-0.2, -0.15) is 4.31 Å². The summed E-state index contributed by atoms with van der Waals surface area (Å²) in [7, 11) is -2.04. The average molecular weight is 452 g/mol. The Morgan fingerprint density at radius 1 is 1.10 bits per heavy atom. The number of allylic oxidation sites excluding steroid dienone is 1.